The van der Waals surface area contributed by atoms with Crippen LogP contribution in [0.3, 0.4) is 0 Å². The standard InChI is InChI=1S/C17H19N3O3S/c1-3-22-12(2)17-19-13(11-24-17)8-16(21)23-10-14-9-20-7-5-4-6-15(20)18-14/h4-7,9,11-12H,3,8,10H2,1-2H3/t12-/m1/s1. The van der Waals surface area contributed by atoms with Gasteiger partial charge in [-0.15, -0.1) is 11.3 Å². The third kappa shape index (κ3) is 3.98. The molecular weight excluding hydrogens is 326 g/mol. The first-order valence-corrected chi connectivity index (χ1v) is 8.68. The molecule has 0 amide bonds. The molecule has 0 fully saturated rings. The van der Waals surface area contributed by atoms with Crippen molar-refractivity contribution in [2.75, 3.05) is 6.61 Å². The van der Waals surface area contributed by atoms with E-state index in [9.17, 15) is 4.79 Å². The number of rotatable bonds is 7. The highest BCUT2D eigenvalue weighted by molar-refractivity contribution is 7.09. The van der Waals surface area contributed by atoms with E-state index in [-0.39, 0.29) is 25.1 Å². The second-order valence-corrected chi connectivity index (χ2v) is 6.20. The first-order chi connectivity index (χ1) is 11.7. The minimum atomic E-state index is -0.312. The Hall–Kier alpha value is -2.25. The van der Waals surface area contributed by atoms with Crippen LogP contribution < -0.4 is 0 Å². The van der Waals surface area contributed by atoms with E-state index in [0.717, 1.165) is 16.3 Å². The van der Waals surface area contributed by atoms with Crippen LogP contribution in [0.2, 0.25) is 0 Å². The van der Waals surface area contributed by atoms with Crippen LogP contribution in [-0.4, -0.2) is 26.9 Å². The Morgan fingerprint density at radius 2 is 2.21 bits per heavy atom. The number of hydrogen-bond donors (Lipinski definition) is 0. The number of ether oxygens (including phenoxy) is 2. The van der Waals surface area contributed by atoms with Gasteiger partial charge >= 0.3 is 5.97 Å². The number of esters is 1. The van der Waals surface area contributed by atoms with Crippen LogP contribution in [0.15, 0.2) is 36.0 Å². The van der Waals surface area contributed by atoms with Crippen LogP contribution in [0.25, 0.3) is 5.65 Å². The predicted molar refractivity (Wildman–Crippen MR) is 90.8 cm³/mol. The van der Waals surface area contributed by atoms with E-state index in [0.29, 0.717) is 12.3 Å². The van der Waals surface area contributed by atoms with E-state index in [1.165, 1.54) is 11.3 Å². The molecule has 6 nitrogen and oxygen atoms in total. The fraction of sp³-hybridized carbons (Fsp3) is 0.353. The summed E-state index contributed by atoms with van der Waals surface area (Å²) in [5.74, 6) is -0.312. The number of imidazole rings is 1. The number of carbonyl (C=O) groups is 1. The Kier molecular flexibility index (Phi) is 5.22. The Morgan fingerprint density at radius 3 is 3.00 bits per heavy atom. The van der Waals surface area contributed by atoms with Crippen molar-refractivity contribution >= 4 is 23.0 Å². The van der Waals surface area contributed by atoms with Crippen LogP contribution in [-0.2, 0) is 27.3 Å². The summed E-state index contributed by atoms with van der Waals surface area (Å²) in [7, 11) is 0. The molecule has 0 radical (unpaired) electrons. The molecule has 0 aromatic carbocycles. The molecule has 3 heterocycles. The summed E-state index contributed by atoms with van der Waals surface area (Å²) in [6.07, 6.45) is 3.86. The maximum absolute atomic E-state index is 12.0. The van der Waals surface area contributed by atoms with Crippen molar-refractivity contribution < 1.29 is 14.3 Å². The van der Waals surface area contributed by atoms with Crippen LogP contribution in [0.5, 0.6) is 0 Å². The average molecular weight is 345 g/mol. The molecule has 0 aliphatic carbocycles. The number of carbonyl (C=O) groups excluding carboxylic acids is 1. The van der Waals surface area contributed by atoms with Crippen molar-refractivity contribution in [3.05, 3.63) is 52.4 Å². The summed E-state index contributed by atoms with van der Waals surface area (Å²) in [4.78, 5) is 20.8. The second-order valence-electron chi connectivity index (χ2n) is 5.31. The van der Waals surface area contributed by atoms with E-state index in [1.54, 1.807) is 0 Å². The minimum absolute atomic E-state index is 0.0530. The quantitative estimate of drug-likeness (QED) is 0.615. The Bertz CT molecular complexity index is 794. The van der Waals surface area contributed by atoms with Crippen molar-refractivity contribution in [3.63, 3.8) is 0 Å². The van der Waals surface area contributed by atoms with E-state index in [4.69, 9.17) is 9.47 Å². The molecule has 3 aromatic rings. The third-order valence-electron chi connectivity index (χ3n) is 3.45. The fourth-order valence-electron chi connectivity index (χ4n) is 2.32. The molecule has 0 spiro atoms. The van der Waals surface area contributed by atoms with Gasteiger partial charge in [-0.3, -0.25) is 4.79 Å². The summed E-state index contributed by atoms with van der Waals surface area (Å²) in [5, 5.41) is 2.75. The van der Waals surface area contributed by atoms with Crippen molar-refractivity contribution in [1.29, 1.82) is 0 Å². The van der Waals surface area contributed by atoms with Gasteiger partial charge in [0.05, 0.1) is 17.8 Å². The van der Waals surface area contributed by atoms with Gasteiger partial charge in [-0.25, -0.2) is 9.97 Å². The number of nitrogens with zero attached hydrogens (tertiary/aromatic N) is 3. The van der Waals surface area contributed by atoms with Crippen LogP contribution >= 0.6 is 11.3 Å². The van der Waals surface area contributed by atoms with Crippen LogP contribution in [0.4, 0.5) is 0 Å². The van der Waals surface area contributed by atoms with Gasteiger partial charge in [0, 0.05) is 24.4 Å². The number of thiazole rings is 1. The van der Waals surface area contributed by atoms with E-state index in [2.05, 4.69) is 9.97 Å². The molecule has 3 aromatic heterocycles. The SMILES string of the molecule is CCO[C@H](C)c1nc(CC(=O)OCc2cn3ccccc3n2)cs1. The van der Waals surface area contributed by atoms with Crippen molar-refractivity contribution in [1.82, 2.24) is 14.4 Å². The molecule has 0 N–H and O–H groups in total. The average Bonchev–Trinajstić information content (AvgIpc) is 3.19. The fourth-order valence-corrected chi connectivity index (χ4v) is 3.14. The predicted octanol–water partition coefficient (Wildman–Crippen LogP) is 3.17. The number of aromatic nitrogens is 3. The molecule has 3 rings (SSSR count). The topological polar surface area (TPSA) is 65.7 Å². The highest BCUT2D eigenvalue weighted by Crippen LogP contribution is 2.21. The molecule has 0 bridgehead atoms. The summed E-state index contributed by atoms with van der Waals surface area (Å²) in [6.45, 7) is 4.69. The van der Waals surface area contributed by atoms with Crippen molar-refractivity contribution in [3.8, 4) is 0 Å². The van der Waals surface area contributed by atoms with E-state index < -0.39 is 0 Å². The second kappa shape index (κ2) is 7.55. The number of pyridine rings is 1. The first-order valence-electron chi connectivity index (χ1n) is 7.80. The Labute approximate surface area is 144 Å². The summed E-state index contributed by atoms with van der Waals surface area (Å²) < 4.78 is 12.7. The van der Waals surface area contributed by atoms with Gasteiger partial charge in [-0.1, -0.05) is 6.07 Å². The lowest BCUT2D eigenvalue weighted by Gasteiger charge is -2.06. The summed E-state index contributed by atoms with van der Waals surface area (Å²) in [6, 6.07) is 5.75. The molecule has 0 saturated heterocycles. The van der Waals surface area contributed by atoms with E-state index in [1.807, 2.05) is 54.2 Å². The van der Waals surface area contributed by atoms with E-state index >= 15 is 0 Å². The highest BCUT2D eigenvalue weighted by Gasteiger charge is 2.13. The number of hydrogen-bond acceptors (Lipinski definition) is 6. The van der Waals surface area contributed by atoms with Crippen molar-refractivity contribution in [2.24, 2.45) is 0 Å². The van der Waals surface area contributed by atoms with Crippen molar-refractivity contribution in [2.45, 2.75) is 33.0 Å². The van der Waals surface area contributed by atoms with Gasteiger partial charge in [0.25, 0.3) is 0 Å². The molecule has 1 atom stereocenters. The minimum Gasteiger partial charge on any atom is -0.459 e. The number of fused-ring (bicyclic) bond motifs is 1. The van der Waals surface area contributed by atoms with Gasteiger partial charge in [0.2, 0.25) is 0 Å². The maximum atomic E-state index is 12.0. The zero-order valence-corrected chi connectivity index (χ0v) is 14.5. The van der Waals surface area contributed by atoms with Crippen LogP contribution in [0.1, 0.15) is 36.3 Å². The third-order valence-corrected chi connectivity index (χ3v) is 4.51. The van der Waals surface area contributed by atoms with Gasteiger partial charge in [0.1, 0.15) is 23.4 Å². The normalized spacial score (nSPS) is 12.4. The molecule has 0 aliphatic heterocycles. The molecule has 0 unspecified atom stereocenters. The lowest BCUT2D eigenvalue weighted by atomic mass is 10.3. The van der Waals surface area contributed by atoms with Gasteiger partial charge < -0.3 is 13.9 Å². The zero-order valence-electron chi connectivity index (χ0n) is 13.6. The lowest BCUT2D eigenvalue weighted by Crippen LogP contribution is -2.09. The molecule has 24 heavy (non-hydrogen) atoms. The molecule has 7 heteroatoms. The summed E-state index contributed by atoms with van der Waals surface area (Å²) in [5.41, 5.74) is 2.26. The zero-order chi connectivity index (χ0) is 16.9. The highest BCUT2D eigenvalue weighted by atomic mass is 32.1. The maximum Gasteiger partial charge on any atom is 0.312 e. The van der Waals surface area contributed by atoms with Gasteiger partial charge in [-0.2, -0.15) is 0 Å². The molecular formula is C17H19N3O3S. The Balaban J connectivity index is 1.54. The summed E-state index contributed by atoms with van der Waals surface area (Å²) >= 11 is 1.50. The largest absolute Gasteiger partial charge is 0.459 e. The van der Waals surface area contributed by atoms with Gasteiger partial charge in [-0.05, 0) is 26.0 Å². The smallest absolute Gasteiger partial charge is 0.312 e. The molecule has 126 valence electrons. The monoisotopic (exact) mass is 345 g/mol. The Morgan fingerprint density at radius 1 is 1.33 bits per heavy atom. The molecule has 0 saturated carbocycles. The van der Waals surface area contributed by atoms with Crippen LogP contribution in [0, 0.1) is 0 Å². The lowest BCUT2D eigenvalue weighted by molar-refractivity contribution is -0.144. The molecule has 0 aliphatic rings. The van der Waals surface area contributed by atoms with Gasteiger partial charge in [0.15, 0.2) is 0 Å². The first kappa shape index (κ1) is 16.6.